The van der Waals surface area contributed by atoms with Crippen LogP contribution < -0.4 is 35.3 Å². The minimum Gasteiger partial charge on any atom is -1.00 e. The Morgan fingerprint density at radius 3 is 1.90 bits per heavy atom. The van der Waals surface area contributed by atoms with Crippen molar-refractivity contribution in [3.63, 3.8) is 0 Å². The van der Waals surface area contributed by atoms with Crippen LogP contribution in [-0.2, 0) is 19.1 Å². The normalized spacial score (nSPS) is 11.8. The van der Waals surface area contributed by atoms with E-state index in [1.807, 2.05) is 0 Å². The maximum Gasteiger partial charge on any atom is 1.00 e. The van der Waals surface area contributed by atoms with Gasteiger partial charge in [-0.2, -0.15) is 0 Å². The maximum absolute atomic E-state index is 11.5. The van der Waals surface area contributed by atoms with E-state index >= 15 is 0 Å². The number of rotatable bonds is 18. The second-order valence-electron chi connectivity index (χ2n) is 7.33. The third kappa shape index (κ3) is 21.8. The molecule has 0 saturated heterocycles. The van der Waals surface area contributed by atoms with Gasteiger partial charge >= 0.3 is 47.5 Å². The van der Waals surface area contributed by atoms with Crippen LogP contribution in [0.4, 0.5) is 0 Å². The molecular formula is C22H40NNaO5. The van der Waals surface area contributed by atoms with Crippen molar-refractivity contribution in [3.8, 4) is 0 Å². The largest absolute Gasteiger partial charge is 1.00 e. The van der Waals surface area contributed by atoms with E-state index in [1.54, 1.807) is 0 Å². The molecule has 0 saturated carbocycles. The number of unbranched alkanes of at least 4 members (excludes halogenated alkanes) is 11. The molecular weight excluding hydrogens is 381 g/mol. The number of carboxylic acids is 1. The zero-order valence-corrected chi connectivity index (χ0v) is 20.5. The molecule has 0 aromatic carbocycles. The van der Waals surface area contributed by atoms with Gasteiger partial charge in [-0.05, 0) is 32.1 Å². The first-order valence-corrected chi connectivity index (χ1v) is 10.8. The topological polar surface area (TPSA) is 107 Å². The molecule has 6 nitrogen and oxygen atoms in total. The van der Waals surface area contributed by atoms with Gasteiger partial charge in [-0.25, -0.2) is 4.79 Å². The Bertz CT molecular complexity index is 474. The Hall–Kier alpha value is -0.690. The van der Waals surface area contributed by atoms with Gasteiger partial charge in [0.1, 0.15) is 6.04 Å². The summed E-state index contributed by atoms with van der Waals surface area (Å²) in [6.45, 7) is 2.24. The number of carbonyl (C=O) groups excluding carboxylic acids is 2. The number of carboxylic acid groups (broad SMARTS) is 1. The van der Waals surface area contributed by atoms with E-state index in [-0.39, 0.29) is 37.4 Å². The van der Waals surface area contributed by atoms with E-state index in [0.29, 0.717) is 6.42 Å². The van der Waals surface area contributed by atoms with Crippen LogP contribution in [0.1, 0.15) is 105 Å². The summed E-state index contributed by atoms with van der Waals surface area (Å²) in [5.41, 5.74) is 5.34. The number of hydrogen-bond acceptors (Lipinski definition) is 5. The number of allylic oxidation sites excluding steroid dienone is 2. The predicted molar refractivity (Wildman–Crippen MR) is 112 cm³/mol. The summed E-state index contributed by atoms with van der Waals surface area (Å²) in [5, 5.41) is 8.54. The summed E-state index contributed by atoms with van der Waals surface area (Å²) in [6, 6.07) is -1.30. The summed E-state index contributed by atoms with van der Waals surface area (Å²) >= 11 is 0. The van der Waals surface area contributed by atoms with Crippen molar-refractivity contribution in [3.05, 3.63) is 12.2 Å². The van der Waals surface area contributed by atoms with E-state index < -0.39 is 30.4 Å². The molecule has 0 aromatic heterocycles. The molecule has 0 aliphatic rings. The van der Waals surface area contributed by atoms with Gasteiger partial charge in [-0.3, -0.25) is 9.59 Å². The van der Waals surface area contributed by atoms with E-state index in [1.165, 1.54) is 44.9 Å². The number of esters is 2. The maximum atomic E-state index is 11.5. The third-order valence-corrected chi connectivity index (χ3v) is 4.55. The summed E-state index contributed by atoms with van der Waals surface area (Å²) in [5.74, 6) is -2.81. The van der Waals surface area contributed by atoms with Crippen LogP contribution in [0, 0.1) is 0 Å². The van der Waals surface area contributed by atoms with Crippen molar-refractivity contribution in [1.29, 1.82) is 0 Å². The van der Waals surface area contributed by atoms with Crippen LogP contribution in [0.3, 0.4) is 0 Å². The molecule has 0 heterocycles. The number of ether oxygens (including phenoxy) is 1. The van der Waals surface area contributed by atoms with Crippen molar-refractivity contribution in [2.24, 2.45) is 5.73 Å². The molecule has 0 aliphatic carbocycles. The Balaban J connectivity index is -0.00000364. The van der Waals surface area contributed by atoms with Crippen molar-refractivity contribution in [2.45, 2.75) is 109 Å². The molecule has 3 N–H and O–H groups in total. The molecule has 0 aliphatic heterocycles. The first-order valence-electron chi connectivity index (χ1n) is 10.8. The fourth-order valence-corrected chi connectivity index (χ4v) is 2.85. The smallest absolute Gasteiger partial charge is 1.00 e. The molecule has 0 radical (unpaired) electrons. The van der Waals surface area contributed by atoms with Crippen LogP contribution in [0.25, 0.3) is 0 Å². The van der Waals surface area contributed by atoms with Crippen LogP contribution in [0.5, 0.6) is 0 Å². The van der Waals surface area contributed by atoms with Crippen LogP contribution in [0.2, 0.25) is 0 Å². The Morgan fingerprint density at radius 2 is 1.38 bits per heavy atom. The second-order valence-corrected chi connectivity index (χ2v) is 7.33. The SMILES string of the molecule is CCCCCCCC/C=C\CCCCCCCC(=O)OC(=O)C(N)CC(=O)O.[H-].[Na+]. The van der Waals surface area contributed by atoms with Crippen molar-refractivity contribution in [1.82, 2.24) is 0 Å². The van der Waals surface area contributed by atoms with Gasteiger partial charge in [0.25, 0.3) is 0 Å². The minimum atomic E-state index is -1.30. The molecule has 1 unspecified atom stereocenters. The average Bonchev–Trinajstić information content (AvgIpc) is 2.64. The predicted octanol–water partition coefficient (Wildman–Crippen LogP) is 2.01. The summed E-state index contributed by atoms with van der Waals surface area (Å²) in [6.07, 6.45) is 19.4. The van der Waals surface area contributed by atoms with Gasteiger partial charge in [-0.1, -0.05) is 70.4 Å². The molecule has 1 atom stereocenters. The molecule has 0 fully saturated rings. The van der Waals surface area contributed by atoms with Crippen LogP contribution in [-0.4, -0.2) is 29.1 Å². The van der Waals surface area contributed by atoms with Gasteiger partial charge < -0.3 is 17.0 Å². The van der Waals surface area contributed by atoms with Gasteiger partial charge in [0, 0.05) is 6.42 Å². The van der Waals surface area contributed by atoms with Crippen molar-refractivity contribution in [2.75, 3.05) is 0 Å². The number of hydrogen-bond donors (Lipinski definition) is 2. The van der Waals surface area contributed by atoms with E-state index in [9.17, 15) is 14.4 Å². The first kappa shape index (κ1) is 30.5. The molecule has 0 rings (SSSR count). The molecule has 0 bridgehead atoms. The minimum absolute atomic E-state index is 0. The first-order chi connectivity index (χ1) is 13.5. The Morgan fingerprint density at radius 1 is 0.897 bits per heavy atom. The van der Waals surface area contributed by atoms with Crippen LogP contribution in [0.15, 0.2) is 12.2 Å². The van der Waals surface area contributed by atoms with E-state index in [2.05, 4.69) is 23.8 Å². The van der Waals surface area contributed by atoms with Gasteiger partial charge in [0.2, 0.25) is 0 Å². The summed E-state index contributed by atoms with van der Waals surface area (Å²) in [4.78, 5) is 33.4. The quantitative estimate of drug-likeness (QED) is 0.115. The molecule has 0 spiro atoms. The fraction of sp³-hybridized carbons (Fsp3) is 0.773. The van der Waals surface area contributed by atoms with Gasteiger partial charge in [0.05, 0.1) is 6.42 Å². The van der Waals surface area contributed by atoms with Crippen molar-refractivity contribution < 1.29 is 55.2 Å². The van der Waals surface area contributed by atoms with Gasteiger partial charge in [-0.15, -0.1) is 0 Å². The standard InChI is InChI=1S/C22H39NO5.Na.H/c1-2-3-4-5-6-7-8-9-10-11-12-13-14-15-16-17-21(26)28-22(27)19(23)18-20(24)25;;/h9-10,19H,2-8,11-18,23H2,1H3,(H,24,25);;/q;+1;-1/b10-9-;;. The number of aliphatic carboxylic acids is 1. The number of carbonyl (C=O) groups is 3. The summed E-state index contributed by atoms with van der Waals surface area (Å²) < 4.78 is 4.56. The van der Waals surface area contributed by atoms with Crippen molar-refractivity contribution >= 4 is 17.9 Å². The van der Waals surface area contributed by atoms with E-state index in [4.69, 9.17) is 10.8 Å². The second kappa shape index (κ2) is 22.0. The third-order valence-electron chi connectivity index (χ3n) is 4.55. The monoisotopic (exact) mass is 421 g/mol. The zero-order chi connectivity index (χ0) is 21.0. The Labute approximate surface area is 199 Å². The Kier molecular flexibility index (Phi) is 23.1. The van der Waals surface area contributed by atoms with E-state index in [0.717, 1.165) is 32.1 Å². The number of nitrogens with two attached hydrogens (primary N) is 1. The molecule has 0 amide bonds. The van der Waals surface area contributed by atoms with Gasteiger partial charge in [0.15, 0.2) is 0 Å². The molecule has 0 aromatic rings. The summed E-state index contributed by atoms with van der Waals surface area (Å²) in [7, 11) is 0. The van der Waals surface area contributed by atoms with Crippen LogP contribution >= 0.6 is 0 Å². The molecule has 7 heteroatoms. The molecule has 29 heavy (non-hydrogen) atoms. The molecule has 164 valence electrons. The fourth-order valence-electron chi connectivity index (χ4n) is 2.85. The average molecular weight is 422 g/mol. The zero-order valence-electron chi connectivity index (χ0n) is 19.5.